The van der Waals surface area contributed by atoms with E-state index in [1.54, 1.807) is 17.0 Å². The van der Waals surface area contributed by atoms with E-state index >= 15 is 0 Å². The van der Waals surface area contributed by atoms with Crippen molar-refractivity contribution < 1.29 is 18.5 Å². The lowest BCUT2D eigenvalue weighted by atomic mass is 10.2. The van der Waals surface area contributed by atoms with Crippen LogP contribution in [-0.2, 0) is 6.54 Å². The Hall–Kier alpha value is -2.87. The van der Waals surface area contributed by atoms with Gasteiger partial charge in [-0.25, -0.2) is 8.78 Å². The van der Waals surface area contributed by atoms with Gasteiger partial charge in [-0.2, -0.15) is 0 Å². The Bertz CT molecular complexity index is 843. The quantitative estimate of drug-likeness (QED) is 0.608. The lowest BCUT2D eigenvalue weighted by Gasteiger charge is -2.22. The second kappa shape index (κ2) is 8.22. The van der Waals surface area contributed by atoms with Crippen molar-refractivity contribution in [2.45, 2.75) is 13.0 Å². The summed E-state index contributed by atoms with van der Waals surface area (Å²) in [5, 5.41) is 10.7. The first-order chi connectivity index (χ1) is 12.9. The van der Waals surface area contributed by atoms with E-state index in [4.69, 9.17) is 0 Å². The summed E-state index contributed by atoms with van der Waals surface area (Å²) in [6.07, 6.45) is 0.752. The summed E-state index contributed by atoms with van der Waals surface area (Å²) in [6, 6.07) is 9.59. The van der Waals surface area contributed by atoms with E-state index in [1.165, 1.54) is 18.2 Å². The van der Waals surface area contributed by atoms with Gasteiger partial charge in [-0.15, -0.1) is 0 Å². The first-order valence-electron chi connectivity index (χ1n) is 8.64. The van der Waals surface area contributed by atoms with Gasteiger partial charge >= 0.3 is 0 Å². The van der Waals surface area contributed by atoms with E-state index in [9.17, 15) is 23.7 Å². The van der Waals surface area contributed by atoms with Crippen molar-refractivity contribution in [3.05, 3.63) is 75.3 Å². The third kappa shape index (κ3) is 4.65. The van der Waals surface area contributed by atoms with E-state index in [1.807, 2.05) is 0 Å². The topological polar surface area (TPSA) is 66.7 Å². The predicted octanol–water partition coefficient (Wildman–Crippen LogP) is 3.22. The smallest absolute Gasteiger partial charge is 0.269 e. The number of nitrogens with zero attached hydrogens (tertiary/aromatic N) is 3. The van der Waals surface area contributed by atoms with Gasteiger partial charge in [0.15, 0.2) is 11.6 Å². The molecule has 0 unspecified atom stereocenters. The van der Waals surface area contributed by atoms with Gasteiger partial charge in [0.05, 0.1) is 4.92 Å². The lowest BCUT2D eigenvalue weighted by molar-refractivity contribution is -0.384. The number of rotatable bonds is 4. The number of amides is 1. The average Bonchev–Trinajstić information content (AvgIpc) is 2.89. The monoisotopic (exact) mass is 375 g/mol. The van der Waals surface area contributed by atoms with Gasteiger partial charge in [-0.05, 0) is 30.2 Å². The van der Waals surface area contributed by atoms with Gasteiger partial charge in [0.2, 0.25) is 0 Å². The van der Waals surface area contributed by atoms with Gasteiger partial charge in [-0.1, -0.05) is 12.1 Å². The van der Waals surface area contributed by atoms with Crippen LogP contribution in [0.3, 0.4) is 0 Å². The molecule has 0 saturated carbocycles. The highest BCUT2D eigenvalue weighted by molar-refractivity contribution is 5.94. The molecule has 1 fully saturated rings. The SMILES string of the molecule is O=C(c1ccc(F)c(F)c1)N1CCCN(Cc2ccc([N+](=O)[O-])cc2)CC1. The minimum absolute atomic E-state index is 0.0536. The molecule has 1 saturated heterocycles. The minimum atomic E-state index is -1.03. The Balaban J connectivity index is 1.60. The highest BCUT2D eigenvalue weighted by atomic mass is 19.2. The summed E-state index contributed by atoms with van der Waals surface area (Å²) in [5.41, 5.74) is 1.15. The van der Waals surface area contributed by atoms with E-state index in [0.29, 0.717) is 26.2 Å². The molecule has 6 nitrogen and oxygen atoms in total. The molecule has 1 aliphatic heterocycles. The largest absolute Gasteiger partial charge is 0.337 e. The highest BCUT2D eigenvalue weighted by Gasteiger charge is 2.21. The summed E-state index contributed by atoms with van der Waals surface area (Å²) in [5.74, 6) is -2.32. The van der Waals surface area contributed by atoms with Gasteiger partial charge in [-0.3, -0.25) is 19.8 Å². The third-order valence-electron chi connectivity index (χ3n) is 4.60. The number of hydrogen-bond acceptors (Lipinski definition) is 4. The third-order valence-corrected chi connectivity index (χ3v) is 4.60. The lowest BCUT2D eigenvalue weighted by Crippen LogP contribution is -2.35. The number of carbonyl (C=O) groups is 1. The highest BCUT2D eigenvalue weighted by Crippen LogP contribution is 2.16. The standard InChI is InChI=1S/C19H19F2N3O3/c20-17-7-4-15(12-18(17)21)19(25)23-9-1-8-22(10-11-23)13-14-2-5-16(6-3-14)24(26)27/h2-7,12H,1,8-11,13H2. The van der Waals surface area contributed by atoms with Crippen LogP contribution >= 0.6 is 0 Å². The molecule has 1 heterocycles. The summed E-state index contributed by atoms with van der Waals surface area (Å²) in [7, 11) is 0. The molecule has 0 atom stereocenters. The molecule has 1 aliphatic rings. The van der Waals surface area contributed by atoms with Crippen LogP contribution in [0.4, 0.5) is 14.5 Å². The van der Waals surface area contributed by atoms with Crippen LogP contribution < -0.4 is 0 Å². The fraction of sp³-hybridized carbons (Fsp3) is 0.316. The zero-order valence-electron chi connectivity index (χ0n) is 14.6. The van der Waals surface area contributed by atoms with Crippen LogP contribution in [0.25, 0.3) is 0 Å². The summed E-state index contributed by atoms with van der Waals surface area (Å²) in [6.45, 7) is 3.05. The maximum Gasteiger partial charge on any atom is 0.269 e. The Morgan fingerprint density at radius 1 is 1.00 bits per heavy atom. The number of nitro benzene ring substituents is 1. The second-order valence-corrected chi connectivity index (χ2v) is 6.47. The van der Waals surface area contributed by atoms with Crippen molar-refractivity contribution in [3.8, 4) is 0 Å². The van der Waals surface area contributed by atoms with Crippen molar-refractivity contribution in [2.24, 2.45) is 0 Å². The van der Waals surface area contributed by atoms with Crippen molar-refractivity contribution in [1.82, 2.24) is 9.80 Å². The first-order valence-corrected chi connectivity index (χ1v) is 8.64. The van der Waals surface area contributed by atoms with Crippen molar-refractivity contribution in [3.63, 3.8) is 0 Å². The molecule has 0 bridgehead atoms. The fourth-order valence-electron chi connectivity index (χ4n) is 3.13. The number of halogens is 2. The molecule has 2 aromatic carbocycles. The molecule has 142 valence electrons. The predicted molar refractivity (Wildman–Crippen MR) is 95.3 cm³/mol. The number of hydrogen-bond donors (Lipinski definition) is 0. The summed E-state index contributed by atoms with van der Waals surface area (Å²) < 4.78 is 26.4. The first kappa shape index (κ1) is 18.9. The molecule has 2 aromatic rings. The molecule has 0 aromatic heterocycles. The Labute approximate surface area is 155 Å². The van der Waals surface area contributed by atoms with Gasteiger partial charge in [0, 0.05) is 50.4 Å². The molecule has 1 amide bonds. The summed E-state index contributed by atoms with van der Waals surface area (Å²) in [4.78, 5) is 26.6. The molecule has 3 rings (SSSR count). The van der Waals surface area contributed by atoms with E-state index in [-0.39, 0.29) is 17.2 Å². The van der Waals surface area contributed by atoms with E-state index < -0.39 is 16.6 Å². The van der Waals surface area contributed by atoms with Crippen LogP contribution in [0, 0.1) is 21.7 Å². The van der Waals surface area contributed by atoms with Crippen LogP contribution in [0.5, 0.6) is 0 Å². The Morgan fingerprint density at radius 3 is 2.41 bits per heavy atom. The molecule has 0 spiro atoms. The molecular formula is C19H19F2N3O3. The van der Waals surface area contributed by atoms with Crippen molar-refractivity contribution in [2.75, 3.05) is 26.2 Å². The molecule has 8 heteroatoms. The van der Waals surface area contributed by atoms with Crippen LogP contribution in [0.15, 0.2) is 42.5 Å². The van der Waals surface area contributed by atoms with Gasteiger partial charge in [0.25, 0.3) is 11.6 Å². The van der Waals surface area contributed by atoms with Crippen LogP contribution in [0.1, 0.15) is 22.3 Å². The molecule has 0 aliphatic carbocycles. The number of benzene rings is 2. The number of nitro groups is 1. The van der Waals surface area contributed by atoms with Gasteiger partial charge in [0.1, 0.15) is 0 Å². The molecule has 27 heavy (non-hydrogen) atoms. The Morgan fingerprint density at radius 2 is 1.74 bits per heavy atom. The molecule has 0 radical (unpaired) electrons. The summed E-state index contributed by atoms with van der Waals surface area (Å²) >= 11 is 0. The van der Waals surface area contributed by atoms with E-state index in [0.717, 1.165) is 30.7 Å². The molecule has 0 N–H and O–H groups in total. The Kier molecular flexibility index (Phi) is 5.75. The molecular weight excluding hydrogens is 356 g/mol. The van der Waals surface area contributed by atoms with Crippen molar-refractivity contribution >= 4 is 11.6 Å². The zero-order chi connectivity index (χ0) is 19.4. The fourth-order valence-corrected chi connectivity index (χ4v) is 3.13. The maximum atomic E-state index is 13.4. The number of non-ortho nitro benzene ring substituents is 1. The van der Waals surface area contributed by atoms with Crippen LogP contribution in [0.2, 0.25) is 0 Å². The average molecular weight is 375 g/mol. The van der Waals surface area contributed by atoms with E-state index in [2.05, 4.69) is 4.90 Å². The maximum absolute atomic E-state index is 13.4. The van der Waals surface area contributed by atoms with Crippen LogP contribution in [-0.4, -0.2) is 46.8 Å². The van der Waals surface area contributed by atoms with Gasteiger partial charge < -0.3 is 4.90 Å². The normalized spacial score (nSPS) is 15.4. The minimum Gasteiger partial charge on any atom is -0.337 e. The zero-order valence-corrected chi connectivity index (χ0v) is 14.6. The second-order valence-electron chi connectivity index (χ2n) is 6.47. The number of carbonyl (C=O) groups excluding carboxylic acids is 1. The van der Waals surface area contributed by atoms with Crippen molar-refractivity contribution in [1.29, 1.82) is 0 Å².